The molecule has 0 spiro atoms. The van der Waals surface area contributed by atoms with Crippen LogP contribution < -0.4 is 27.2 Å². The van der Waals surface area contributed by atoms with Crippen LogP contribution in [0.3, 0.4) is 0 Å². The van der Waals surface area contributed by atoms with Crippen molar-refractivity contribution in [1.29, 1.82) is 0 Å². The van der Waals surface area contributed by atoms with E-state index < -0.39 is 29.6 Å². The smallest absolute Gasteiger partial charge is 0.355 e. The Balaban J connectivity index is 2.00. The minimum atomic E-state index is -0.923. The van der Waals surface area contributed by atoms with Gasteiger partial charge in [0, 0.05) is 23.6 Å². The molecule has 0 atom stereocenters. The number of amides is 1. The van der Waals surface area contributed by atoms with Crippen molar-refractivity contribution in [2.45, 2.75) is 45.9 Å². The first-order valence-electron chi connectivity index (χ1n) is 11.0. The zero-order valence-corrected chi connectivity index (χ0v) is 21.2. The summed E-state index contributed by atoms with van der Waals surface area (Å²) in [5.41, 5.74) is 4.56. The molecule has 0 bridgehead atoms. The number of nitrogens with one attached hydrogen (secondary N) is 1. The minimum absolute atomic E-state index is 0.0311. The molecule has 1 aromatic heterocycles. The van der Waals surface area contributed by atoms with E-state index in [1.165, 1.54) is 4.57 Å². The number of hydrogen-bond donors (Lipinski definition) is 2. The summed E-state index contributed by atoms with van der Waals surface area (Å²) in [6, 6.07) is 11.7. The molecule has 3 N–H and O–H groups in total. The summed E-state index contributed by atoms with van der Waals surface area (Å²) in [6.45, 7) is 3.24. The third kappa shape index (κ3) is 7.19. The van der Waals surface area contributed by atoms with Crippen LogP contribution in [0.2, 0.25) is 10.0 Å². The molecule has 1 heterocycles. The molecule has 3 aromatic rings. The molecule has 0 radical (unpaired) electrons. The van der Waals surface area contributed by atoms with Gasteiger partial charge in [-0.3, -0.25) is 14.2 Å². The molecule has 10 nitrogen and oxygen atoms in total. The Morgan fingerprint density at radius 2 is 1.75 bits per heavy atom. The van der Waals surface area contributed by atoms with E-state index in [1.54, 1.807) is 42.5 Å². The highest BCUT2D eigenvalue weighted by atomic mass is 35.5. The Hall–Kier alpha value is -3.63. The zero-order chi connectivity index (χ0) is 26.4. The van der Waals surface area contributed by atoms with Crippen LogP contribution >= 0.6 is 23.2 Å². The van der Waals surface area contributed by atoms with E-state index in [9.17, 15) is 19.2 Å². The van der Waals surface area contributed by atoms with Gasteiger partial charge in [0.15, 0.2) is 5.78 Å². The van der Waals surface area contributed by atoms with E-state index in [2.05, 4.69) is 10.3 Å². The summed E-state index contributed by atoms with van der Waals surface area (Å²) in [5.74, 6) is -0.721. The molecule has 3 rings (SSSR count). The number of anilines is 2. The van der Waals surface area contributed by atoms with Gasteiger partial charge < -0.3 is 15.8 Å². The molecule has 0 saturated carbocycles. The average molecular weight is 534 g/mol. The topological polar surface area (TPSA) is 138 Å². The van der Waals surface area contributed by atoms with Crippen LogP contribution in [0.25, 0.3) is 0 Å². The Bertz CT molecular complexity index is 1380. The third-order valence-electron chi connectivity index (χ3n) is 4.94. The van der Waals surface area contributed by atoms with Crippen LogP contribution in [0.1, 0.15) is 32.3 Å². The lowest BCUT2D eigenvalue weighted by Gasteiger charge is -2.17. The van der Waals surface area contributed by atoms with E-state index >= 15 is 0 Å². The van der Waals surface area contributed by atoms with Crippen molar-refractivity contribution in [2.24, 2.45) is 5.73 Å². The molecular formula is C24H25Cl2N5O5. The van der Waals surface area contributed by atoms with Gasteiger partial charge in [0.2, 0.25) is 11.9 Å². The number of Topliss-reactive ketones (excluding diaryl/α,β-unsaturated/α-hetero) is 1. The van der Waals surface area contributed by atoms with Crippen molar-refractivity contribution in [1.82, 2.24) is 14.1 Å². The van der Waals surface area contributed by atoms with Gasteiger partial charge in [-0.15, -0.1) is 0 Å². The number of rotatable bonds is 11. The van der Waals surface area contributed by atoms with Crippen molar-refractivity contribution in [3.05, 3.63) is 79.0 Å². The summed E-state index contributed by atoms with van der Waals surface area (Å²) in [6.07, 6.45) is -0.454. The second-order valence-electron chi connectivity index (χ2n) is 8.24. The Morgan fingerprint density at radius 3 is 2.36 bits per heavy atom. The molecule has 2 aromatic carbocycles. The van der Waals surface area contributed by atoms with Crippen LogP contribution in [-0.4, -0.2) is 31.9 Å². The number of carbonyl (C=O) groups is 2. The van der Waals surface area contributed by atoms with Gasteiger partial charge in [0.1, 0.15) is 5.75 Å². The van der Waals surface area contributed by atoms with Gasteiger partial charge in [-0.25, -0.2) is 14.2 Å². The number of hydrogen-bond acceptors (Lipinski definition) is 7. The van der Waals surface area contributed by atoms with Crippen molar-refractivity contribution in [3.8, 4) is 5.75 Å². The van der Waals surface area contributed by atoms with E-state index in [-0.39, 0.29) is 31.4 Å². The summed E-state index contributed by atoms with van der Waals surface area (Å²) in [5, 5.41) is 3.80. The molecule has 0 aliphatic heterocycles. The van der Waals surface area contributed by atoms with Gasteiger partial charge >= 0.3 is 11.4 Å². The number of halogens is 2. The number of nitrogens with two attached hydrogens (primary N) is 1. The summed E-state index contributed by atoms with van der Waals surface area (Å²) < 4.78 is 7.57. The first-order valence-corrected chi connectivity index (χ1v) is 11.8. The first-order chi connectivity index (χ1) is 17.0. The maximum atomic E-state index is 13.3. The van der Waals surface area contributed by atoms with Crippen molar-refractivity contribution >= 4 is 46.5 Å². The van der Waals surface area contributed by atoms with E-state index in [4.69, 9.17) is 33.7 Å². The Kier molecular flexibility index (Phi) is 8.89. The highest BCUT2D eigenvalue weighted by Crippen LogP contribution is 2.29. The largest absolute Gasteiger partial charge is 0.489 e. The van der Waals surface area contributed by atoms with Crippen molar-refractivity contribution in [3.63, 3.8) is 0 Å². The monoisotopic (exact) mass is 533 g/mol. The highest BCUT2D eigenvalue weighted by molar-refractivity contribution is 6.32. The SMILES string of the molecule is CC(C)Oc1ccc(Nc2nc(=O)n(CC(=O)CCC(N)=O)c(=O)n2Cc2ccc(Cl)cc2)cc1Cl. The number of ketones is 1. The molecule has 190 valence electrons. The van der Waals surface area contributed by atoms with Gasteiger partial charge in [0.05, 0.1) is 24.2 Å². The summed E-state index contributed by atoms with van der Waals surface area (Å²) in [4.78, 5) is 53.3. The maximum absolute atomic E-state index is 13.3. The summed E-state index contributed by atoms with van der Waals surface area (Å²) >= 11 is 12.3. The molecule has 36 heavy (non-hydrogen) atoms. The highest BCUT2D eigenvalue weighted by Gasteiger charge is 2.17. The van der Waals surface area contributed by atoms with Crippen LogP contribution in [-0.2, 0) is 22.7 Å². The predicted molar refractivity (Wildman–Crippen MR) is 137 cm³/mol. The van der Waals surface area contributed by atoms with Gasteiger partial charge in [0.25, 0.3) is 0 Å². The fraction of sp³-hybridized carbons (Fsp3) is 0.292. The normalized spacial score (nSPS) is 10.9. The second kappa shape index (κ2) is 11.9. The van der Waals surface area contributed by atoms with E-state index in [0.717, 1.165) is 4.57 Å². The van der Waals surface area contributed by atoms with Gasteiger partial charge in [-0.05, 0) is 49.7 Å². The number of ether oxygens (including phenoxy) is 1. The lowest BCUT2D eigenvalue weighted by Crippen LogP contribution is -2.44. The number of nitrogens with zero attached hydrogens (tertiary/aromatic N) is 3. The lowest BCUT2D eigenvalue weighted by molar-refractivity contribution is -0.124. The molecule has 0 unspecified atom stereocenters. The van der Waals surface area contributed by atoms with E-state index in [0.29, 0.717) is 27.0 Å². The van der Waals surface area contributed by atoms with Crippen LogP contribution in [0.15, 0.2) is 52.1 Å². The Morgan fingerprint density at radius 1 is 1.06 bits per heavy atom. The third-order valence-corrected chi connectivity index (χ3v) is 5.49. The minimum Gasteiger partial charge on any atom is -0.489 e. The molecule has 1 amide bonds. The summed E-state index contributed by atoms with van der Waals surface area (Å²) in [7, 11) is 0. The average Bonchev–Trinajstić information content (AvgIpc) is 2.80. The predicted octanol–water partition coefficient (Wildman–Crippen LogP) is 3.13. The fourth-order valence-electron chi connectivity index (χ4n) is 3.25. The first kappa shape index (κ1) is 27.0. The molecular weight excluding hydrogens is 509 g/mol. The maximum Gasteiger partial charge on any atom is 0.355 e. The lowest BCUT2D eigenvalue weighted by atomic mass is 10.2. The van der Waals surface area contributed by atoms with Crippen molar-refractivity contribution < 1.29 is 14.3 Å². The molecule has 0 aliphatic carbocycles. The van der Waals surface area contributed by atoms with Gasteiger partial charge in [-0.1, -0.05) is 35.3 Å². The Labute approximate surface area is 216 Å². The molecule has 0 saturated heterocycles. The molecule has 0 aliphatic rings. The van der Waals surface area contributed by atoms with Crippen LogP contribution in [0, 0.1) is 0 Å². The molecule has 12 heteroatoms. The second-order valence-corrected chi connectivity index (χ2v) is 9.08. The number of carbonyl (C=O) groups excluding carboxylic acids is 2. The standard InChI is InChI=1S/C24H25Cl2N5O5/c1-14(2)36-20-9-7-17(11-19(20)26)28-22-29-23(34)31(13-18(32)8-10-21(27)33)24(35)30(22)12-15-3-5-16(25)6-4-15/h3-7,9,11,14H,8,10,12-13H2,1-2H3,(H2,27,33)(H,28,29,34). The van der Waals surface area contributed by atoms with Gasteiger partial charge in [-0.2, -0.15) is 4.98 Å². The number of benzene rings is 2. The van der Waals surface area contributed by atoms with Crippen LogP contribution in [0.4, 0.5) is 11.6 Å². The molecule has 0 fully saturated rings. The quantitative estimate of drug-likeness (QED) is 0.386. The number of primary amides is 1. The fourth-order valence-corrected chi connectivity index (χ4v) is 3.60. The van der Waals surface area contributed by atoms with E-state index in [1.807, 2.05) is 13.8 Å². The number of aromatic nitrogens is 3. The zero-order valence-electron chi connectivity index (χ0n) is 19.7. The van der Waals surface area contributed by atoms with Crippen LogP contribution in [0.5, 0.6) is 5.75 Å². The van der Waals surface area contributed by atoms with Crippen molar-refractivity contribution in [2.75, 3.05) is 5.32 Å².